The number of hydrogen-bond donors (Lipinski definition) is 0. The van der Waals surface area contributed by atoms with Crippen LogP contribution in [0.5, 0.6) is 5.75 Å². The highest BCUT2D eigenvalue weighted by Crippen LogP contribution is 2.28. The quantitative estimate of drug-likeness (QED) is 0.599. The molecule has 0 saturated heterocycles. The summed E-state index contributed by atoms with van der Waals surface area (Å²) in [5.74, 6) is 0.683. The zero-order valence-electron chi connectivity index (χ0n) is 7.70. The van der Waals surface area contributed by atoms with Gasteiger partial charge in [0.15, 0.2) is 0 Å². The summed E-state index contributed by atoms with van der Waals surface area (Å²) >= 11 is 3.32. The van der Waals surface area contributed by atoms with Crippen molar-refractivity contribution in [2.24, 2.45) is 5.92 Å². The number of halogens is 1. The summed E-state index contributed by atoms with van der Waals surface area (Å²) in [5, 5.41) is 0. The van der Waals surface area contributed by atoms with Crippen LogP contribution in [0.4, 0.5) is 0 Å². The molecule has 1 fully saturated rings. The topological polar surface area (TPSA) is 26.3 Å². The third kappa shape index (κ3) is 2.15. The first-order valence-corrected chi connectivity index (χ1v) is 5.52. The van der Waals surface area contributed by atoms with Crippen LogP contribution >= 0.6 is 15.9 Å². The summed E-state index contributed by atoms with van der Waals surface area (Å²) < 4.78 is 6.20. The fraction of sp³-hybridized carbons (Fsp3) is 0.364. The molecule has 0 unspecified atom stereocenters. The molecule has 2 rings (SSSR count). The van der Waals surface area contributed by atoms with Crippen LogP contribution in [0.3, 0.4) is 0 Å². The van der Waals surface area contributed by atoms with Crippen molar-refractivity contribution in [3.8, 4) is 5.75 Å². The van der Waals surface area contributed by atoms with Gasteiger partial charge in [0.25, 0.3) is 0 Å². The number of benzene rings is 1. The van der Waals surface area contributed by atoms with Crippen molar-refractivity contribution in [1.82, 2.24) is 0 Å². The van der Waals surface area contributed by atoms with Gasteiger partial charge >= 0.3 is 5.97 Å². The summed E-state index contributed by atoms with van der Waals surface area (Å²) in [5.41, 5.74) is 0. The number of carbonyl (C=O) groups is 1. The highest BCUT2D eigenvalue weighted by molar-refractivity contribution is 9.10. The van der Waals surface area contributed by atoms with Gasteiger partial charge < -0.3 is 4.74 Å². The van der Waals surface area contributed by atoms with E-state index in [2.05, 4.69) is 15.9 Å². The normalized spacial score (nSPS) is 16.1. The van der Waals surface area contributed by atoms with E-state index >= 15 is 0 Å². The van der Waals surface area contributed by atoms with Gasteiger partial charge in [-0.25, -0.2) is 0 Å². The third-order valence-corrected chi connectivity index (χ3v) is 3.00. The summed E-state index contributed by atoms with van der Waals surface area (Å²) in [6.07, 6.45) is 3.12. The minimum Gasteiger partial charge on any atom is -0.426 e. The molecule has 0 amide bonds. The monoisotopic (exact) mass is 254 g/mol. The SMILES string of the molecule is O=C(Oc1ccc(Br)cc1)C1CCC1. The highest BCUT2D eigenvalue weighted by atomic mass is 79.9. The van der Waals surface area contributed by atoms with Crippen molar-refractivity contribution in [2.45, 2.75) is 19.3 Å². The summed E-state index contributed by atoms with van der Waals surface area (Å²) in [6, 6.07) is 7.31. The van der Waals surface area contributed by atoms with Crippen molar-refractivity contribution in [1.29, 1.82) is 0 Å². The molecule has 0 heterocycles. The van der Waals surface area contributed by atoms with Gasteiger partial charge in [0.2, 0.25) is 0 Å². The van der Waals surface area contributed by atoms with E-state index in [1.54, 1.807) is 12.1 Å². The zero-order valence-corrected chi connectivity index (χ0v) is 9.29. The van der Waals surface area contributed by atoms with E-state index in [9.17, 15) is 4.79 Å². The lowest BCUT2D eigenvalue weighted by Gasteiger charge is -2.22. The molecular formula is C11H11BrO2. The molecule has 14 heavy (non-hydrogen) atoms. The molecule has 0 N–H and O–H groups in total. The molecular weight excluding hydrogens is 244 g/mol. The average Bonchev–Trinajstić information content (AvgIpc) is 2.06. The zero-order chi connectivity index (χ0) is 9.97. The second-order valence-electron chi connectivity index (χ2n) is 3.50. The first-order valence-electron chi connectivity index (χ1n) is 4.73. The predicted molar refractivity (Wildman–Crippen MR) is 57.1 cm³/mol. The van der Waals surface area contributed by atoms with E-state index in [0.29, 0.717) is 5.75 Å². The van der Waals surface area contributed by atoms with E-state index in [1.807, 2.05) is 12.1 Å². The van der Waals surface area contributed by atoms with Crippen LogP contribution in [0.2, 0.25) is 0 Å². The second-order valence-corrected chi connectivity index (χ2v) is 4.42. The minimum absolute atomic E-state index is 0.0847. The summed E-state index contributed by atoms with van der Waals surface area (Å²) in [7, 11) is 0. The average molecular weight is 255 g/mol. The van der Waals surface area contributed by atoms with Gasteiger partial charge in [0.1, 0.15) is 5.75 Å². The maximum atomic E-state index is 11.4. The Kier molecular flexibility index (Phi) is 2.87. The molecule has 1 aromatic carbocycles. The lowest BCUT2D eigenvalue weighted by Crippen LogP contribution is -2.26. The molecule has 0 aliphatic heterocycles. The van der Waals surface area contributed by atoms with Gasteiger partial charge in [-0.3, -0.25) is 4.79 Å². The highest BCUT2D eigenvalue weighted by Gasteiger charge is 2.26. The minimum atomic E-state index is -0.0847. The lowest BCUT2D eigenvalue weighted by atomic mass is 9.86. The number of ether oxygens (including phenoxy) is 1. The molecule has 0 atom stereocenters. The maximum absolute atomic E-state index is 11.4. The fourth-order valence-electron chi connectivity index (χ4n) is 1.35. The van der Waals surface area contributed by atoms with Gasteiger partial charge in [0, 0.05) is 4.47 Å². The van der Waals surface area contributed by atoms with Gasteiger partial charge in [-0.1, -0.05) is 22.4 Å². The van der Waals surface area contributed by atoms with E-state index in [-0.39, 0.29) is 11.9 Å². The van der Waals surface area contributed by atoms with Gasteiger partial charge in [0.05, 0.1) is 5.92 Å². The Morgan fingerprint density at radius 1 is 1.29 bits per heavy atom. The Morgan fingerprint density at radius 2 is 1.93 bits per heavy atom. The van der Waals surface area contributed by atoms with Gasteiger partial charge in [-0.15, -0.1) is 0 Å². The molecule has 2 nitrogen and oxygen atoms in total. The van der Waals surface area contributed by atoms with Crippen LogP contribution in [0, 0.1) is 5.92 Å². The molecule has 1 aromatic rings. The molecule has 74 valence electrons. The largest absolute Gasteiger partial charge is 0.426 e. The van der Waals surface area contributed by atoms with Crippen LogP contribution in [-0.4, -0.2) is 5.97 Å². The van der Waals surface area contributed by atoms with E-state index in [4.69, 9.17) is 4.74 Å². The van der Waals surface area contributed by atoms with E-state index in [1.165, 1.54) is 0 Å². The lowest BCUT2D eigenvalue weighted by molar-refractivity contribution is -0.141. The summed E-state index contributed by atoms with van der Waals surface area (Å²) in [4.78, 5) is 11.4. The van der Waals surface area contributed by atoms with Crippen LogP contribution in [-0.2, 0) is 4.79 Å². The first-order chi connectivity index (χ1) is 6.75. The number of esters is 1. The van der Waals surface area contributed by atoms with Crippen molar-refractivity contribution < 1.29 is 9.53 Å². The molecule has 0 bridgehead atoms. The van der Waals surface area contributed by atoms with Crippen LogP contribution < -0.4 is 4.74 Å². The van der Waals surface area contributed by atoms with Crippen LogP contribution in [0.1, 0.15) is 19.3 Å². The standard InChI is InChI=1S/C11H11BrO2/c12-9-4-6-10(7-5-9)14-11(13)8-2-1-3-8/h4-8H,1-3H2. The molecule has 1 saturated carbocycles. The smallest absolute Gasteiger partial charge is 0.314 e. The Labute approximate surface area is 91.4 Å². The first kappa shape index (κ1) is 9.71. The van der Waals surface area contributed by atoms with Gasteiger partial charge in [-0.2, -0.15) is 0 Å². The van der Waals surface area contributed by atoms with E-state index < -0.39 is 0 Å². The fourth-order valence-corrected chi connectivity index (χ4v) is 1.61. The molecule has 0 aromatic heterocycles. The molecule has 0 radical (unpaired) electrons. The van der Waals surface area contributed by atoms with Crippen molar-refractivity contribution in [2.75, 3.05) is 0 Å². The van der Waals surface area contributed by atoms with Crippen molar-refractivity contribution >= 4 is 21.9 Å². The number of carbonyl (C=O) groups excluding carboxylic acids is 1. The molecule has 1 aliphatic carbocycles. The maximum Gasteiger partial charge on any atom is 0.314 e. The van der Waals surface area contributed by atoms with Crippen molar-refractivity contribution in [3.05, 3.63) is 28.7 Å². The van der Waals surface area contributed by atoms with E-state index in [0.717, 1.165) is 23.7 Å². The van der Waals surface area contributed by atoms with Crippen LogP contribution in [0.15, 0.2) is 28.7 Å². The van der Waals surface area contributed by atoms with Crippen LogP contribution in [0.25, 0.3) is 0 Å². The second kappa shape index (κ2) is 4.13. The Hall–Kier alpha value is -0.830. The third-order valence-electron chi connectivity index (χ3n) is 2.47. The van der Waals surface area contributed by atoms with Gasteiger partial charge in [-0.05, 0) is 37.1 Å². The Morgan fingerprint density at radius 3 is 2.43 bits per heavy atom. The predicted octanol–water partition coefficient (Wildman–Crippen LogP) is 3.15. The molecule has 3 heteroatoms. The number of rotatable bonds is 2. The van der Waals surface area contributed by atoms with Crippen molar-refractivity contribution in [3.63, 3.8) is 0 Å². The summed E-state index contributed by atoms with van der Waals surface area (Å²) in [6.45, 7) is 0. The molecule has 1 aliphatic rings. The Bertz CT molecular complexity index is 328. The molecule has 0 spiro atoms. The Balaban J connectivity index is 1.96. The number of hydrogen-bond acceptors (Lipinski definition) is 2.